The van der Waals surface area contributed by atoms with Gasteiger partial charge in [0.1, 0.15) is 5.15 Å². The molecular formula is C7H6Cl4F2N2. The fraction of sp³-hybridized carbons (Fsp3) is 0.286. The predicted molar refractivity (Wildman–Crippen MR) is 59.4 cm³/mol. The number of alkyl halides is 2. The Bertz CT molecular complexity index is 348. The van der Waals surface area contributed by atoms with Gasteiger partial charge in [0.2, 0.25) is 0 Å². The van der Waals surface area contributed by atoms with Gasteiger partial charge in [-0.2, -0.15) is 0 Å². The van der Waals surface area contributed by atoms with Crippen LogP contribution in [-0.4, -0.2) is 11.4 Å². The average Bonchev–Trinajstić information content (AvgIpc) is 2.12. The highest BCUT2D eigenvalue weighted by molar-refractivity contribution is 6.43. The van der Waals surface area contributed by atoms with Gasteiger partial charge in [-0.1, -0.05) is 34.8 Å². The largest absolute Gasteiger partial charge is 0.319 e. The molecule has 1 aromatic heterocycles. The average molecular weight is 298 g/mol. The van der Waals surface area contributed by atoms with E-state index in [-0.39, 0.29) is 33.2 Å². The third kappa shape index (κ3) is 3.29. The van der Waals surface area contributed by atoms with Gasteiger partial charge in [-0.3, -0.25) is 0 Å². The predicted octanol–water partition coefficient (Wildman–Crippen LogP) is 3.73. The van der Waals surface area contributed by atoms with Crippen LogP contribution in [0.4, 0.5) is 8.78 Å². The van der Waals surface area contributed by atoms with Crippen molar-refractivity contribution in [1.82, 2.24) is 4.98 Å². The summed E-state index contributed by atoms with van der Waals surface area (Å²) in [6.07, 6.45) is -1.63. The summed E-state index contributed by atoms with van der Waals surface area (Å²) in [5.41, 5.74) is 5.12. The van der Waals surface area contributed by atoms with Crippen LogP contribution in [0, 0.1) is 0 Å². The molecule has 0 fully saturated rings. The molecule has 0 aliphatic rings. The van der Waals surface area contributed by atoms with Gasteiger partial charge in [0, 0.05) is 11.8 Å². The molecule has 0 saturated carbocycles. The zero-order valence-electron chi connectivity index (χ0n) is 7.05. The smallest absolute Gasteiger partial charge is 0.257 e. The quantitative estimate of drug-likeness (QED) is 0.845. The van der Waals surface area contributed by atoms with E-state index in [1.807, 2.05) is 0 Å². The first kappa shape index (κ1) is 15.1. The minimum Gasteiger partial charge on any atom is -0.319 e. The molecule has 0 bridgehead atoms. The molecule has 1 aromatic rings. The summed E-state index contributed by atoms with van der Waals surface area (Å²) in [6.45, 7) is 0. The topological polar surface area (TPSA) is 38.9 Å². The molecule has 0 saturated heterocycles. The van der Waals surface area contributed by atoms with E-state index >= 15 is 0 Å². The molecule has 0 aliphatic heterocycles. The molecular weight excluding hydrogens is 292 g/mol. The number of halogens is 6. The van der Waals surface area contributed by atoms with E-state index in [9.17, 15) is 8.78 Å². The van der Waals surface area contributed by atoms with E-state index in [0.717, 1.165) is 6.20 Å². The summed E-state index contributed by atoms with van der Waals surface area (Å²) < 4.78 is 24.6. The van der Waals surface area contributed by atoms with Gasteiger partial charge in [0.15, 0.2) is 0 Å². The second-order valence-electron chi connectivity index (χ2n) is 2.48. The van der Waals surface area contributed by atoms with Crippen LogP contribution in [0.2, 0.25) is 15.2 Å². The number of hydrogen-bond donors (Lipinski definition) is 1. The fourth-order valence-corrected chi connectivity index (χ4v) is 1.63. The minimum atomic E-state index is -2.76. The lowest BCUT2D eigenvalue weighted by molar-refractivity contribution is 0.116. The van der Waals surface area contributed by atoms with E-state index in [1.165, 1.54) is 0 Å². The van der Waals surface area contributed by atoms with Crippen LogP contribution in [0.3, 0.4) is 0 Å². The van der Waals surface area contributed by atoms with Crippen molar-refractivity contribution in [1.29, 1.82) is 0 Å². The Hall–Kier alpha value is 0.130. The Morgan fingerprint density at radius 3 is 2.27 bits per heavy atom. The SMILES string of the molecule is Cl.N[C@H](c1c(Cl)cnc(Cl)c1Cl)C(F)F. The summed E-state index contributed by atoms with van der Waals surface area (Å²) in [6, 6.07) is -1.56. The third-order valence-electron chi connectivity index (χ3n) is 1.57. The maximum absolute atomic E-state index is 12.3. The highest BCUT2D eigenvalue weighted by Crippen LogP contribution is 2.35. The molecule has 0 unspecified atom stereocenters. The monoisotopic (exact) mass is 296 g/mol. The van der Waals surface area contributed by atoms with Crippen LogP contribution >= 0.6 is 47.2 Å². The van der Waals surface area contributed by atoms with Gasteiger partial charge in [-0.05, 0) is 0 Å². The highest BCUT2D eigenvalue weighted by Gasteiger charge is 2.24. The van der Waals surface area contributed by atoms with Crippen LogP contribution in [-0.2, 0) is 0 Å². The van der Waals surface area contributed by atoms with Gasteiger partial charge in [0.05, 0.1) is 16.1 Å². The van der Waals surface area contributed by atoms with E-state index in [1.54, 1.807) is 0 Å². The van der Waals surface area contributed by atoms with Gasteiger partial charge >= 0.3 is 0 Å². The summed E-state index contributed by atoms with van der Waals surface area (Å²) >= 11 is 16.8. The number of pyridine rings is 1. The second-order valence-corrected chi connectivity index (χ2v) is 3.63. The summed E-state index contributed by atoms with van der Waals surface area (Å²) in [4.78, 5) is 3.58. The second kappa shape index (κ2) is 6.01. The van der Waals surface area contributed by atoms with Crippen molar-refractivity contribution in [3.05, 3.63) is 27.0 Å². The molecule has 1 rings (SSSR count). The number of hydrogen-bond acceptors (Lipinski definition) is 2. The normalized spacial score (nSPS) is 12.5. The van der Waals surface area contributed by atoms with Crippen LogP contribution in [0.5, 0.6) is 0 Å². The molecule has 2 nitrogen and oxygen atoms in total. The lowest BCUT2D eigenvalue weighted by Crippen LogP contribution is -2.20. The van der Waals surface area contributed by atoms with Crippen molar-refractivity contribution in [2.45, 2.75) is 12.5 Å². The number of aromatic nitrogens is 1. The first-order chi connectivity index (χ1) is 6.45. The lowest BCUT2D eigenvalue weighted by Gasteiger charge is -2.14. The molecule has 86 valence electrons. The van der Waals surface area contributed by atoms with Gasteiger partial charge in [-0.25, -0.2) is 13.8 Å². The van der Waals surface area contributed by atoms with Crippen molar-refractivity contribution in [3.8, 4) is 0 Å². The first-order valence-corrected chi connectivity index (χ1v) is 4.61. The molecule has 8 heteroatoms. The Balaban J connectivity index is 0.00000196. The highest BCUT2D eigenvalue weighted by atomic mass is 35.5. The molecule has 0 aliphatic carbocycles. The Labute approximate surface area is 106 Å². The number of nitrogens with two attached hydrogens (primary N) is 1. The van der Waals surface area contributed by atoms with Gasteiger partial charge in [-0.15, -0.1) is 12.4 Å². The fourth-order valence-electron chi connectivity index (χ4n) is 0.887. The number of rotatable bonds is 2. The first-order valence-electron chi connectivity index (χ1n) is 3.48. The standard InChI is InChI=1S/C7H5Cl3F2N2.ClH/c8-2-1-14-6(10)4(9)3(2)5(13)7(11)12;/h1,5,7H,13H2;1H/t5-;/m1./s1. The summed E-state index contributed by atoms with van der Waals surface area (Å²) in [7, 11) is 0. The Kier molecular flexibility index (Phi) is 6.06. The van der Waals surface area contributed by atoms with Crippen LogP contribution in [0.1, 0.15) is 11.6 Å². The molecule has 0 radical (unpaired) electrons. The van der Waals surface area contributed by atoms with E-state index in [0.29, 0.717) is 0 Å². The molecule has 0 spiro atoms. The zero-order chi connectivity index (χ0) is 10.9. The molecule has 0 amide bonds. The van der Waals surface area contributed by atoms with E-state index in [2.05, 4.69) is 4.98 Å². The minimum absolute atomic E-state index is 0. The molecule has 1 atom stereocenters. The van der Waals surface area contributed by atoms with E-state index < -0.39 is 12.5 Å². The third-order valence-corrected chi connectivity index (χ3v) is 2.64. The van der Waals surface area contributed by atoms with E-state index in [4.69, 9.17) is 40.5 Å². The van der Waals surface area contributed by atoms with Crippen molar-refractivity contribution in [3.63, 3.8) is 0 Å². The Morgan fingerprint density at radius 2 is 1.80 bits per heavy atom. The summed E-state index contributed by atoms with van der Waals surface area (Å²) in [5, 5.41) is -0.249. The van der Waals surface area contributed by atoms with Gasteiger partial charge in [0.25, 0.3) is 6.43 Å². The van der Waals surface area contributed by atoms with Gasteiger partial charge < -0.3 is 5.73 Å². The number of nitrogens with zero attached hydrogens (tertiary/aromatic N) is 1. The van der Waals surface area contributed by atoms with Crippen molar-refractivity contribution in [2.75, 3.05) is 0 Å². The van der Waals surface area contributed by atoms with Crippen molar-refractivity contribution >= 4 is 47.2 Å². The Morgan fingerprint density at radius 1 is 1.27 bits per heavy atom. The lowest BCUT2D eigenvalue weighted by atomic mass is 10.1. The maximum atomic E-state index is 12.3. The van der Waals surface area contributed by atoms with Crippen LogP contribution in [0.15, 0.2) is 6.20 Å². The van der Waals surface area contributed by atoms with Crippen LogP contribution in [0.25, 0.3) is 0 Å². The molecule has 15 heavy (non-hydrogen) atoms. The van der Waals surface area contributed by atoms with Crippen LogP contribution < -0.4 is 5.73 Å². The molecule has 0 aromatic carbocycles. The molecule has 2 N–H and O–H groups in total. The van der Waals surface area contributed by atoms with Crippen molar-refractivity contribution in [2.24, 2.45) is 5.73 Å². The maximum Gasteiger partial charge on any atom is 0.257 e. The van der Waals surface area contributed by atoms with Crippen molar-refractivity contribution < 1.29 is 8.78 Å². The molecule has 1 heterocycles. The zero-order valence-corrected chi connectivity index (χ0v) is 10.1. The summed E-state index contributed by atoms with van der Waals surface area (Å²) in [5.74, 6) is 0.